The first-order chi connectivity index (χ1) is 10.9. The van der Waals surface area contributed by atoms with Crippen LogP contribution in [0.5, 0.6) is 0 Å². The molecule has 23 heavy (non-hydrogen) atoms. The second kappa shape index (κ2) is 5.33. The standard InChI is InChI=1S/C17H22N2O3S/c1-19-9-11(10-22-23(2,20)21)6-14-13-4-3-5-15-17(13)12(8-18-15)7-16(14)19/h3-5,8,11,14,16,18H,6-7,9-10H2,1-2H3/t11-,14-,16-/m1/s1. The Morgan fingerprint density at radius 2 is 2.22 bits per heavy atom. The Morgan fingerprint density at radius 3 is 3.00 bits per heavy atom. The number of hydrogen-bond donors (Lipinski definition) is 1. The summed E-state index contributed by atoms with van der Waals surface area (Å²) in [5.41, 5.74) is 3.99. The normalized spacial score (nSPS) is 28.0. The Bertz CT molecular complexity index is 843. The van der Waals surface area contributed by atoms with E-state index in [1.165, 1.54) is 22.0 Å². The molecular formula is C17H22N2O3S. The molecule has 2 heterocycles. The molecule has 0 spiro atoms. The van der Waals surface area contributed by atoms with E-state index in [-0.39, 0.29) is 12.5 Å². The number of piperidine rings is 1. The average molecular weight is 334 g/mol. The zero-order valence-corrected chi connectivity index (χ0v) is 14.3. The van der Waals surface area contributed by atoms with Crippen LogP contribution >= 0.6 is 0 Å². The van der Waals surface area contributed by atoms with Crippen LogP contribution in [0.15, 0.2) is 24.4 Å². The summed E-state index contributed by atoms with van der Waals surface area (Å²) in [7, 11) is -1.23. The number of benzene rings is 1. The largest absolute Gasteiger partial charge is 0.361 e. The van der Waals surface area contributed by atoms with Crippen molar-refractivity contribution >= 4 is 21.0 Å². The minimum absolute atomic E-state index is 0.242. The molecule has 5 nitrogen and oxygen atoms in total. The highest BCUT2D eigenvalue weighted by Crippen LogP contribution is 2.44. The number of likely N-dealkylation sites (N-methyl/N-ethyl adjacent to an activating group) is 1. The topological polar surface area (TPSA) is 62.4 Å². The zero-order valence-electron chi connectivity index (χ0n) is 13.5. The van der Waals surface area contributed by atoms with E-state index >= 15 is 0 Å². The van der Waals surface area contributed by atoms with Gasteiger partial charge in [0.15, 0.2) is 0 Å². The Balaban J connectivity index is 1.65. The Kier molecular flexibility index (Phi) is 3.51. The number of aromatic nitrogens is 1. The Labute approximate surface area is 136 Å². The van der Waals surface area contributed by atoms with Crippen molar-refractivity contribution in [3.8, 4) is 0 Å². The van der Waals surface area contributed by atoms with Gasteiger partial charge in [-0.25, -0.2) is 0 Å². The fourth-order valence-electron chi connectivity index (χ4n) is 4.39. The predicted octanol–water partition coefficient (Wildman–Crippen LogP) is 2.10. The van der Waals surface area contributed by atoms with Crippen molar-refractivity contribution in [3.05, 3.63) is 35.5 Å². The Morgan fingerprint density at radius 1 is 1.39 bits per heavy atom. The fourth-order valence-corrected chi connectivity index (χ4v) is 4.83. The first kappa shape index (κ1) is 15.2. The number of rotatable bonds is 3. The van der Waals surface area contributed by atoms with Gasteiger partial charge in [-0.05, 0) is 43.0 Å². The maximum absolute atomic E-state index is 11.3. The van der Waals surface area contributed by atoms with Gasteiger partial charge in [-0.1, -0.05) is 12.1 Å². The quantitative estimate of drug-likeness (QED) is 0.873. The van der Waals surface area contributed by atoms with E-state index in [1.54, 1.807) is 0 Å². The molecular weight excluding hydrogens is 312 g/mol. The summed E-state index contributed by atoms with van der Waals surface area (Å²) in [4.78, 5) is 5.75. The summed E-state index contributed by atoms with van der Waals surface area (Å²) in [5, 5.41) is 1.37. The van der Waals surface area contributed by atoms with Crippen molar-refractivity contribution in [1.29, 1.82) is 0 Å². The van der Waals surface area contributed by atoms with E-state index in [2.05, 4.69) is 41.3 Å². The molecule has 1 aromatic heterocycles. The van der Waals surface area contributed by atoms with Gasteiger partial charge in [0, 0.05) is 35.6 Å². The van der Waals surface area contributed by atoms with Crippen molar-refractivity contribution < 1.29 is 12.6 Å². The molecule has 1 aliphatic heterocycles. The smallest absolute Gasteiger partial charge is 0.264 e. The first-order valence-corrected chi connectivity index (χ1v) is 9.87. The zero-order chi connectivity index (χ0) is 16.2. The number of hydrogen-bond acceptors (Lipinski definition) is 4. The summed E-state index contributed by atoms with van der Waals surface area (Å²) in [6.45, 7) is 1.16. The summed E-state index contributed by atoms with van der Waals surface area (Å²) >= 11 is 0. The minimum Gasteiger partial charge on any atom is -0.361 e. The highest BCUT2D eigenvalue weighted by atomic mass is 32.2. The predicted molar refractivity (Wildman–Crippen MR) is 90.1 cm³/mol. The van der Waals surface area contributed by atoms with Gasteiger partial charge in [-0.15, -0.1) is 0 Å². The summed E-state index contributed by atoms with van der Waals surface area (Å²) < 4.78 is 27.6. The third-order valence-corrected chi connectivity index (χ3v) is 5.89. The molecule has 1 N–H and O–H groups in total. The van der Waals surface area contributed by atoms with Crippen LogP contribution < -0.4 is 0 Å². The van der Waals surface area contributed by atoms with Gasteiger partial charge in [0.2, 0.25) is 0 Å². The van der Waals surface area contributed by atoms with E-state index < -0.39 is 10.1 Å². The van der Waals surface area contributed by atoms with Crippen LogP contribution in [0, 0.1) is 5.92 Å². The molecule has 0 saturated carbocycles. The molecule has 1 aromatic carbocycles. The van der Waals surface area contributed by atoms with Gasteiger partial charge in [0.25, 0.3) is 10.1 Å². The fraction of sp³-hybridized carbons (Fsp3) is 0.529. The van der Waals surface area contributed by atoms with Crippen LogP contribution in [0.1, 0.15) is 23.5 Å². The third-order valence-electron chi connectivity index (χ3n) is 5.33. The lowest BCUT2D eigenvalue weighted by atomic mass is 9.72. The maximum Gasteiger partial charge on any atom is 0.264 e. The van der Waals surface area contributed by atoms with E-state index in [0.29, 0.717) is 12.0 Å². The summed E-state index contributed by atoms with van der Waals surface area (Å²) in [5.74, 6) is 0.681. The molecule has 4 rings (SSSR count). The van der Waals surface area contributed by atoms with Gasteiger partial charge in [0.05, 0.1) is 12.9 Å². The SMILES string of the molecule is CN1C[C@H](COS(C)(=O)=O)C[C@@H]2c3cccc4[nH]cc(c34)C[C@H]21. The number of nitrogens with zero attached hydrogens (tertiary/aromatic N) is 1. The molecule has 1 saturated heterocycles. The summed E-state index contributed by atoms with van der Waals surface area (Å²) in [6, 6.07) is 6.94. The van der Waals surface area contributed by atoms with Gasteiger partial charge in [-0.3, -0.25) is 4.18 Å². The minimum atomic E-state index is -3.37. The number of H-pyrrole nitrogens is 1. The van der Waals surface area contributed by atoms with Crippen molar-refractivity contribution in [3.63, 3.8) is 0 Å². The van der Waals surface area contributed by atoms with Gasteiger partial charge < -0.3 is 9.88 Å². The molecule has 0 unspecified atom stereocenters. The number of likely N-dealkylation sites (tertiary alicyclic amines) is 1. The maximum atomic E-state index is 11.3. The molecule has 1 aliphatic carbocycles. The lowest BCUT2D eigenvalue weighted by Crippen LogP contribution is -2.48. The molecule has 3 atom stereocenters. The van der Waals surface area contributed by atoms with Crippen LogP contribution in [0.3, 0.4) is 0 Å². The number of nitrogens with one attached hydrogen (secondary N) is 1. The van der Waals surface area contributed by atoms with Gasteiger partial charge in [-0.2, -0.15) is 8.42 Å². The second-order valence-corrected chi connectivity index (χ2v) is 8.64. The van der Waals surface area contributed by atoms with Crippen LogP contribution in [0.2, 0.25) is 0 Å². The first-order valence-electron chi connectivity index (χ1n) is 8.06. The molecule has 2 aliphatic rings. The van der Waals surface area contributed by atoms with Crippen molar-refractivity contribution in [1.82, 2.24) is 9.88 Å². The molecule has 2 aromatic rings. The van der Waals surface area contributed by atoms with Crippen LogP contribution in [-0.2, 0) is 20.7 Å². The van der Waals surface area contributed by atoms with Crippen molar-refractivity contribution in [2.45, 2.75) is 24.8 Å². The number of fused-ring (bicyclic) bond motifs is 2. The summed E-state index contributed by atoms with van der Waals surface area (Å²) in [6.07, 6.45) is 5.29. The van der Waals surface area contributed by atoms with Gasteiger partial charge in [0.1, 0.15) is 0 Å². The second-order valence-electron chi connectivity index (χ2n) is 6.99. The molecule has 0 bridgehead atoms. The molecule has 0 radical (unpaired) electrons. The van der Waals surface area contributed by atoms with Crippen LogP contribution in [0.4, 0.5) is 0 Å². The highest BCUT2D eigenvalue weighted by Gasteiger charge is 2.39. The van der Waals surface area contributed by atoms with Crippen LogP contribution in [-0.4, -0.2) is 50.8 Å². The molecule has 124 valence electrons. The van der Waals surface area contributed by atoms with Crippen molar-refractivity contribution in [2.24, 2.45) is 5.92 Å². The van der Waals surface area contributed by atoms with Gasteiger partial charge >= 0.3 is 0 Å². The third kappa shape index (κ3) is 2.69. The lowest BCUT2D eigenvalue weighted by molar-refractivity contribution is 0.0856. The van der Waals surface area contributed by atoms with E-state index in [0.717, 1.165) is 25.6 Å². The van der Waals surface area contributed by atoms with E-state index in [1.807, 2.05) is 0 Å². The molecule has 6 heteroatoms. The average Bonchev–Trinajstić information content (AvgIpc) is 2.90. The highest BCUT2D eigenvalue weighted by molar-refractivity contribution is 7.85. The molecule has 0 amide bonds. The monoisotopic (exact) mass is 334 g/mol. The Hall–Kier alpha value is -1.37. The van der Waals surface area contributed by atoms with Crippen molar-refractivity contribution in [2.75, 3.05) is 26.5 Å². The van der Waals surface area contributed by atoms with Crippen LogP contribution in [0.25, 0.3) is 10.9 Å². The number of aromatic amines is 1. The van der Waals surface area contributed by atoms with E-state index in [4.69, 9.17) is 4.18 Å². The molecule has 1 fully saturated rings. The van der Waals surface area contributed by atoms with E-state index in [9.17, 15) is 8.42 Å². The lowest BCUT2D eigenvalue weighted by Gasteiger charge is -2.45.